The Bertz CT molecular complexity index is 578. The van der Waals surface area contributed by atoms with Gasteiger partial charge >= 0.3 is 0 Å². The van der Waals surface area contributed by atoms with Gasteiger partial charge in [0.2, 0.25) is 0 Å². The Labute approximate surface area is 117 Å². The molecule has 1 aromatic heterocycles. The van der Waals surface area contributed by atoms with Crippen LogP contribution >= 0.6 is 11.6 Å². The number of hydrogen-bond acceptors (Lipinski definition) is 3. The zero-order valence-electron chi connectivity index (χ0n) is 10.8. The van der Waals surface area contributed by atoms with Gasteiger partial charge in [-0.05, 0) is 31.0 Å². The molecule has 4 nitrogen and oxygen atoms in total. The second-order valence-corrected chi connectivity index (χ2v) is 5.13. The molecule has 5 heteroatoms. The minimum Gasteiger partial charge on any atom is -0.495 e. The summed E-state index contributed by atoms with van der Waals surface area (Å²) in [6.45, 7) is 0.749. The zero-order valence-corrected chi connectivity index (χ0v) is 11.5. The van der Waals surface area contributed by atoms with Crippen LogP contribution in [0.3, 0.4) is 0 Å². The van der Waals surface area contributed by atoms with Crippen molar-refractivity contribution in [3.05, 3.63) is 41.4 Å². The van der Waals surface area contributed by atoms with Crippen LogP contribution in [0.2, 0.25) is 5.02 Å². The predicted octanol–water partition coefficient (Wildman–Crippen LogP) is 3.49. The number of imidazole rings is 1. The monoisotopic (exact) mass is 277 g/mol. The van der Waals surface area contributed by atoms with Crippen molar-refractivity contribution in [3.8, 4) is 5.75 Å². The topological polar surface area (TPSA) is 39.1 Å². The molecule has 1 aromatic carbocycles. The van der Waals surface area contributed by atoms with Gasteiger partial charge in [0, 0.05) is 17.9 Å². The molecule has 0 atom stereocenters. The fraction of sp³-hybridized carbons (Fsp3) is 0.357. The van der Waals surface area contributed by atoms with Gasteiger partial charge < -0.3 is 14.6 Å². The van der Waals surface area contributed by atoms with E-state index in [4.69, 9.17) is 16.3 Å². The lowest BCUT2D eigenvalue weighted by atomic mass is 10.3. The van der Waals surface area contributed by atoms with E-state index in [1.165, 1.54) is 18.5 Å². The quantitative estimate of drug-likeness (QED) is 0.909. The summed E-state index contributed by atoms with van der Waals surface area (Å²) in [6.07, 6.45) is 6.35. The maximum atomic E-state index is 6.10. The number of rotatable bonds is 5. The first-order valence-electron chi connectivity index (χ1n) is 6.36. The van der Waals surface area contributed by atoms with Crippen molar-refractivity contribution in [2.45, 2.75) is 25.4 Å². The second kappa shape index (κ2) is 5.13. The minimum atomic E-state index is 0.614. The van der Waals surface area contributed by atoms with Crippen LogP contribution in [-0.2, 0) is 6.54 Å². The van der Waals surface area contributed by atoms with E-state index in [0.29, 0.717) is 16.8 Å². The van der Waals surface area contributed by atoms with Gasteiger partial charge in [-0.15, -0.1) is 0 Å². The molecule has 0 amide bonds. The zero-order chi connectivity index (χ0) is 13.2. The third-order valence-corrected chi connectivity index (χ3v) is 3.61. The number of methoxy groups -OCH3 is 1. The highest BCUT2D eigenvalue weighted by atomic mass is 35.5. The maximum Gasteiger partial charge on any atom is 0.137 e. The van der Waals surface area contributed by atoms with Crippen molar-refractivity contribution in [3.63, 3.8) is 0 Å². The second-order valence-electron chi connectivity index (χ2n) is 4.73. The van der Waals surface area contributed by atoms with Gasteiger partial charge in [0.05, 0.1) is 30.7 Å². The number of ether oxygens (including phenoxy) is 1. The standard InChI is InChI=1S/C14H16ClN3O/c1-19-14-5-2-10(6-13(14)15)17-8-12-7-16-9-18(12)11-3-4-11/h2,5-7,9,11,17H,3-4,8H2,1H3. The van der Waals surface area contributed by atoms with E-state index >= 15 is 0 Å². The van der Waals surface area contributed by atoms with E-state index in [0.717, 1.165) is 12.2 Å². The van der Waals surface area contributed by atoms with Crippen LogP contribution in [0.25, 0.3) is 0 Å². The number of benzene rings is 1. The van der Waals surface area contributed by atoms with Gasteiger partial charge in [0.1, 0.15) is 5.75 Å². The summed E-state index contributed by atoms with van der Waals surface area (Å²) >= 11 is 6.10. The highest BCUT2D eigenvalue weighted by Gasteiger charge is 2.24. The summed E-state index contributed by atoms with van der Waals surface area (Å²) in [5.74, 6) is 0.690. The minimum absolute atomic E-state index is 0.614. The van der Waals surface area contributed by atoms with Gasteiger partial charge in [0.15, 0.2) is 0 Å². The van der Waals surface area contributed by atoms with Crippen LogP contribution in [0, 0.1) is 0 Å². The van der Waals surface area contributed by atoms with E-state index in [2.05, 4.69) is 14.9 Å². The predicted molar refractivity (Wildman–Crippen MR) is 75.8 cm³/mol. The van der Waals surface area contributed by atoms with Gasteiger partial charge in [-0.25, -0.2) is 4.98 Å². The SMILES string of the molecule is COc1ccc(NCc2cncn2C2CC2)cc1Cl. The normalized spacial score (nSPS) is 14.4. The Kier molecular flexibility index (Phi) is 3.34. The van der Waals surface area contributed by atoms with E-state index < -0.39 is 0 Å². The van der Waals surface area contributed by atoms with Crippen LogP contribution < -0.4 is 10.1 Å². The van der Waals surface area contributed by atoms with Crippen molar-refractivity contribution < 1.29 is 4.74 Å². The average molecular weight is 278 g/mol. The van der Waals surface area contributed by atoms with Crippen LogP contribution in [0.5, 0.6) is 5.75 Å². The van der Waals surface area contributed by atoms with E-state index in [1.807, 2.05) is 30.7 Å². The molecule has 3 rings (SSSR count). The third kappa shape index (κ3) is 2.68. The Morgan fingerprint density at radius 3 is 3.00 bits per heavy atom. The lowest BCUT2D eigenvalue weighted by molar-refractivity contribution is 0.415. The average Bonchev–Trinajstić information content (AvgIpc) is 3.15. The number of hydrogen-bond donors (Lipinski definition) is 1. The van der Waals surface area contributed by atoms with Gasteiger partial charge in [-0.2, -0.15) is 0 Å². The number of nitrogens with one attached hydrogen (secondary N) is 1. The molecule has 2 aromatic rings. The van der Waals surface area contributed by atoms with Crippen molar-refractivity contribution in [1.29, 1.82) is 0 Å². The Morgan fingerprint density at radius 1 is 1.47 bits per heavy atom. The molecule has 1 N–H and O–H groups in total. The lowest BCUT2D eigenvalue weighted by Crippen LogP contribution is -2.05. The number of nitrogens with zero attached hydrogens (tertiary/aromatic N) is 2. The fourth-order valence-corrected chi connectivity index (χ4v) is 2.38. The Morgan fingerprint density at radius 2 is 2.32 bits per heavy atom. The lowest BCUT2D eigenvalue weighted by Gasteiger charge is -2.10. The third-order valence-electron chi connectivity index (χ3n) is 3.31. The van der Waals surface area contributed by atoms with Crippen LogP contribution in [0.15, 0.2) is 30.7 Å². The largest absolute Gasteiger partial charge is 0.495 e. The fourth-order valence-electron chi connectivity index (χ4n) is 2.12. The number of halogens is 1. The molecule has 0 saturated heterocycles. The van der Waals surface area contributed by atoms with Gasteiger partial charge in [-0.1, -0.05) is 11.6 Å². The molecule has 0 radical (unpaired) electrons. The van der Waals surface area contributed by atoms with Crippen LogP contribution in [0.4, 0.5) is 5.69 Å². The first kappa shape index (κ1) is 12.4. The maximum absolute atomic E-state index is 6.10. The van der Waals surface area contributed by atoms with E-state index in [-0.39, 0.29) is 0 Å². The summed E-state index contributed by atoms with van der Waals surface area (Å²) < 4.78 is 7.38. The highest BCUT2D eigenvalue weighted by Crippen LogP contribution is 2.35. The molecule has 1 fully saturated rings. The van der Waals surface area contributed by atoms with Crippen LogP contribution in [0.1, 0.15) is 24.6 Å². The highest BCUT2D eigenvalue weighted by molar-refractivity contribution is 6.32. The van der Waals surface area contributed by atoms with Crippen LogP contribution in [-0.4, -0.2) is 16.7 Å². The smallest absolute Gasteiger partial charge is 0.137 e. The summed E-state index contributed by atoms with van der Waals surface area (Å²) in [5, 5.41) is 3.98. The first-order valence-corrected chi connectivity index (χ1v) is 6.74. The molecule has 0 unspecified atom stereocenters. The van der Waals surface area contributed by atoms with Crippen molar-refractivity contribution in [1.82, 2.24) is 9.55 Å². The Hall–Kier alpha value is -1.68. The number of aromatic nitrogens is 2. The van der Waals surface area contributed by atoms with Gasteiger partial charge in [-0.3, -0.25) is 0 Å². The Balaban J connectivity index is 1.68. The molecule has 1 aliphatic rings. The molecular formula is C14H16ClN3O. The summed E-state index contributed by atoms with van der Waals surface area (Å²) in [6, 6.07) is 6.35. The van der Waals surface area contributed by atoms with Crippen molar-refractivity contribution in [2.24, 2.45) is 0 Å². The van der Waals surface area contributed by atoms with E-state index in [9.17, 15) is 0 Å². The molecule has 0 aliphatic heterocycles. The molecule has 0 bridgehead atoms. The molecule has 100 valence electrons. The summed E-state index contributed by atoms with van der Waals surface area (Å²) in [5.41, 5.74) is 2.18. The van der Waals surface area contributed by atoms with Crippen molar-refractivity contribution in [2.75, 3.05) is 12.4 Å². The van der Waals surface area contributed by atoms with E-state index in [1.54, 1.807) is 7.11 Å². The molecule has 1 aliphatic carbocycles. The number of anilines is 1. The molecule has 1 saturated carbocycles. The summed E-state index contributed by atoms with van der Waals surface area (Å²) in [4.78, 5) is 4.22. The molecule has 19 heavy (non-hydrogen) atoms. The first-order chi connectivity index (χ1) is 9.28. The summed E-state index contributed by atoms with van der Waals surface area (Å²) in [7, 11) is 1.61. The van der Waals surface area contributed by atoms with Gasteiger partial charge in [0.25, 0.3) is 0 Å². The molecule has 0 spiro atoms. The molecular weight excluding hydrogens is 262 g/mol. The molecule has 1 heterocycles. The van der Waals surface area contributed by atoms with Crippen molar-refractivity contribution >= 4 is 17.3 Å².